The van der Waals surface area contributed by atoms with Crippen molar-refractivity contribution in [3.05, 3.63) is 18.5 Å². The van der Waals surface area contributed by atoms with Gasteiger partial charge in [-0.1, -0.05) is 12.2 Å². The molecule has 0 saturated heterocycles. The molecule has 0 bridgehead atoms. The minimum Gasteiger partial charge on any atom is -0.396 e. The van der Waals surface area contributed by atoms with Crippen LogP contribution in [0.25, 0.3) is 11.2 Å². The van der Waals surface area contributed by atoms with Crippen LogP contribution in [0.1, 0.15) is 19.4 Å². The van der Waals surface area contributed by atoms with E-state index in [4.69, 9.17) is 5.73 Å². The molecule has 1 aliphatic carbocycles. The summed E-state index contributed by atoms with van der Waals surface area (Å²) in [6.45, 7) is 3.03. The van der Waals surface area contributed by atoms with Crippen molar-refractivity contribution in [3.8, 4) is 0 Å². The Bertz CT molecular complexity index is 679. The monoisotopic (exact) mass is 288 g/mol. The van der Waals surface area contributed by atoms with Crippen LogP contribution in [-0.4, -0.2) is 44.8 Å². The smallest absolute Gasteiger partial charge is 0.224 e. The van der Waals surface area contributed by atoms with Crippen LogP contribution in [0.3, 0.4) is 0 Å². The molecule has 0 unspecified atom stereocenters. The van der Waals surface area contributed by atoms with E-state index in [-0.39, 0.29) is 24.5 Å². The van der Waals surface area contributed by atoms with E-state index in [9.17, 15) is 5.11 Å². The second kappa shape index (κ2) is 5.33. The largest absolute Gasteiger partial charge is 0.396 e. The van der Waals surface area contributed by atoms with E-state index in [1.54, 1.807) is 6.33 Å². The van der Waals surface area contributed by atoms with Gasteiger partial charge in [0.05, 0.1) is 12.4 Å². The standard InChI is InChI=1S/C14H20N6O/c1-3-19(2)12-11-13(18-14(15)17-12)20(8-16-11)10-5-4-9(6-10)7-21/h4-5,8-10,21H,3,6-7H2,1-2H3,(H2,15,17,18)/t9-,10+/m1/s1. The third-order valence-corrected chi connectivity index (χ3v) is 4.00. The van der Waals surface area contributed by atoms with Gasteiger partial charge in [0, 0.05) is 26.1 Å². The summed E-state index contributed by atoms with van der Waals surface area (Å²) in [5.74, 6) is 1.20. The lowest BCUT2D eigenvalue weighted by Crippen LogP contribution is -2.19. The van der Waals surface area contributed by atoms with Gasteiger partial charge in [-0.3, -0.25) is 0 Å². The van der Waals surface area contributed by atoms with Crippen molar-refractivity contribution in [1.82, 2.24) is 19.5 Å². The zero-order chi connectivity index (χ0) is 15.0. The van der Waals surface area contributed by atoms with Gasteiger partial charge < -0.3 is 20.3 Å². The van der Waals surface area contributed by atoms with Crippen LogP contribution >= 0.6 is 0 Å². The fourth-order valence-electron chi connectivity index (χ4n) is 2.67. The molecule has 2 aromatic rings. The molecule has 21 heavy (non-hydrogen) atoms. The Balaban J connectivity index is 2.06. The van der Waals surface area contributed by atoms with Gasteiger partial charge in [0.15, 0.2) is 17.0 Å². The molecule has 0 spiro atoms. The highest BCUT2D eigenvalue weighted by Crippen LogP contribution is 2.31. The van der Waals surface area contributed by atoms with Gasteiger partial charge in [0.25, 0.3) is 0 Å². The molecule has 0 saturated carbocycles. The Labute approximate surface area is 123 Å². The molecule has 3 N–H and O–H groups in total. The Morgan fingerprint density at radius 3 is 2.90 bits per heavy atom. The molecule has 2 atom stereocenters. The van der Waals surface area contributed by atoms with Gasteiger partial charge >= 0.3 is 0 Å². The van der Waals surface area contributed by atoms with Crippen LogP contribution in [0.4, 0.5) is 11.8 Å². The molecule has 0 fully saturated rings. The lowest BCUT2D eigenvalue weighted by Gasteiger charge is -2.17. The molecule has 0 aliphatic heterocycles. The summed E-state index contributed by atoms with van der Waals surface area (Å²) in [4.78, 5) is 15.1. The maximum absolute atomic E-state index is 9.26. The van der Waals surface area contributed by atoms with Crippen LogP contribution in [0.15, 0.2) is 18.5 Å². The molecule has 2 heterocycles. The summed E-state index contributed by atoms with van der Waals surface area (Å²) in [5, 5.41) is 9.26. The molecule has 0 amide bonds. The van der Waals surface area contributed by atoms with E-state index in [1.165, 1.54) is 0 Å². The second-order valence-electron chi connectivity index (χ2n) is 5.37. The molecule has 3 rings (SSSR count). The number of nitrogen functional groups attached to an aromatic ring is 1. The van der Waals surface area contributed by atoms with Gasteiger partial charge in [-0.2, -0.15) is 9.97 Å². The average Bonchev–Trinajstić information content (AvgIpc) is 3.11. The minimum absolute atomic E-state index is 0.154. The fraction of sp³-hybridized carbons (Fsp3) is 0.500. The summed E-state index contributed by atoms with van der Waals surface area (Å²) in [7, 11) is 1.96. The van der Waals surface area contributed by atoms with Crippen molar-refractivity contribution in [2.24, 2.45) is 5.92 Å². The van der Waals surface area contributed by atoms with Crippen LogP contribution in [0.2, 0.25) is 0 Å². The maximum Gasteiger partial charge on any atom is 0.224 e. The third kappa shape index (κ3) is 2.33. The van der Waals surface area contributed by atoms with Gasteiger partial charge in [0.2, 0.25) is 5.95 Å². The number of fused-ring (bicyclic) bond motifs is 1. The first-order valence-electron chi connectivity index (χ1n) is 7.14. The molecule has 0 aromatic carbocycles. The molecule has 112 valence electrons. The van der Waals surface area contributed by atoms with Crippen molar-refractivity contribution >= 4 is 22.9 Å². The molecule has 0 radical (unpaired) electrons. The van der Waals surface area contributed by atoms with Crippen molar-refractivity contribution in [1.29, 1.82) is 0 Å². The van der Waals surface area contributed by atoms with Crippen molar-refractivity contribution in [2.45, 2.75) is 19.4 Å². The Morgan fingerprint density at radius 1 is 1.43 bits per heavy atom. The van der Waals surface area contributed by atoms with E-state index < -0.39 is 0 Å². The van der Waals surface area contributed by atoms with Crippen molar-refractivity contribution in [3.63, 3.8) is 0 Å². The highest BCUT2D eigenvalue weighted by atomic mass is 16.3. The molecular weight excluding hydrogens is 268 g/mol. The van der Waals surface area contributed by atoms with Gasteiger partial charge in [-0.15, -0.1) is 0 Å². The number of aliphatic hydroxyl groups excluding tert-OH is 1. The summed E-state index contributed by atoms with van der Waals surface area (Å²) >= 11 is 0. The first kappa shape index (κ1) is 13.8. The molecule has 2 aromatic heterocycles. The summed E-state index contributed by atoms with van der Waals surface area (Å²) in [6, 6.07) is 0.154. The van der Waals surface area contributed by atoms with E-state index in [0.29, 0.717) is 0 Å². The first-order valence-corrected chi connectivity index (χ1v) is 7.14. The number of hydrogen-bond acceptors (Lipinski definition) is 6. The first-order chi connectivity index (χ1) is 10.1. The van der Waals surface area contributed by atoms with Crippen LogP contribution in [0.5, 0.6) is 0 Å². The number of aliphatic hydroxyl groups is 1. The van der Waals surface area contributed by atoms with Crippen LogP contribution < -0.4 is 10.6 Å². The number of allylic oxidation sites excluding steroid dienone is 1. The molecule has 7 heteroatoms. The predicted molar refractivity (Wildman–Crippen MR) is 82.0 cm³/mol. The summed E-state index contributed by atoms with van der Waals surface area (Å²) in [5.41, 5.74) is 7.35. The van der Waals surface area contributed by atoms with Crippen LogP contribution in [0, 0.1) is 5.92 Å². The Kier molecular flexibility index (Phi) is 3.50. The number of anilines is 2. The van der Waals surface area contributed by atoms with E-state index in [2.05, 4.69) is 21.0 Å². The molecular formula is C14H20N6O. The number of hydrogen-bond donors (Lipinski definition) is 2. The average molecular weight is 288 g/mol. The van der Waals surface area contributed by atoms with Gasteiger partial charge in [-0.05, 0) is 13.3 Å². The lowest BCUT2D eigenvalue weighted by molar-refractivity contribution is 0.244. The zero-order valence-electron chi connectivity index (χ0n) is 12.3. The van der Waals surface area contributed by atoms with E-state index in [1.807, 2.05) is 29.5 Å². The summed E-state index contributed by atoms with van der Waals surface area (Å²) in [6.07, 6.45) is 6.76. The molecule has 7 nitrogen and oxygen atoms in total. The third-order valence-electron chi connectivity index (χ3n) is 4.00. The van der Waals surface area contributed by atoms with Gasteiger partial charge in [0.1, 0.15) is 0 Å². The van der Waals surface area contributed by atoms with Crippen LogP contribution in [-0.2, 0) is 0 Å². The topological polar surface area (TPSA) is 93.1 Å². The molecule has 1 aliphatic rings. The SMILES string of the molecule is CCN(C)c1nc(N)nc2c1ncn2[C@H]1C=C[C@@H](CO)C1. The van der Waals surface area contributed by atoms with Crippen molar-refractivity contribution < 1.29 is 5.11 Å². The number of aromatic nitrogens is 4. The zero-order valence-corrected chi connectivity index (χ0v) is 12.3. The summed E-state index contributed by atoms with van der Waals surface area (Å²) < 4.78 is 2.01. The van der Waals surface area contributed by atoms with Crippen molar-refractivity contribution in [2.75, 3.05) is 30.8 Å². The highest BCUT2D eigenvalue weighted by molar-refractivity contribution is 5.84. The predicted octanol–water partition coefficient (Wildman–Crippen LogP) is 0.974. The second-order valence-corrected chi connectivity index (χ2v) is 5.37. The van der Waals surface area contributed by atoms with Gasteiger partial charge in [-0.25, -0.2) is 4.98 Å². The maximum atomic E-state index is 9.26. The quantitative estimate of drug-likeness (QED) is 0.814. The minimum atomic E-state index is 0.154. The fourth-order valence-corrected chi connectivity index (χ4v) is 2.67. The normalized spacial score (nSPS) is 21.3. The number of rotatable bonds is 4. The number of nitrogens with two attached hydrogens (primary N) is 1. The van der Waals surface area contributed by atoms with E-state index >= 15 is 0 Å². The highest BCUT2D eigenvalue weighted by Gasteiger charge is 2.23. The number of nitrogens with zero attached hydrogens (tertiary/aromatic N) is 5. The Morgan fingerprint density at radius 2 is 2.24 bits per heavy atom. The lowest BCUT2D eigenvalue weighted by atomic mass is 10.1. The Hall–Kier alpha value is -2.15. The van der Waals surface area contributed by atoms with E-state index in [0.717, 1.165) is 29.9 Å². The number of imidazole rings is 1.